The number of halogens is 1. The second-order valence-electron chi connectivity index (χ2n) is 3.03. The maximum absolute atomic E-state index is 11.4. The third-order valence-corrected chi connectivity index (χ3v) is 2.13. The molecule has 92 valence electrons. The van der Waals surface area contributed by atoms with Gasteiger partial charge in [-0.25, -0.2) is 9.59 Å². The van der Waals surface area contributed by atoms with Gasteiger partial charge in [0, 0.05) is 5.02 Å². The molecule has 1 N–H and O–H groups in total. The predicted molar refractivity (Wildman–Crippen MR) is 63.4 cm³/mol. The first kappa shape index (κ1) is 13.3. The summed E-state index contributed by atoms with van der Waals surface area (Å²) >= 11 is 5.78. The summed E-state index contributed by atoms with van der Waals surface area (Å²) in [6.45, 7) is 1.92. The molecule has 6 heteroatoms. The second kappa shape index (κ2) is 6.10. The van der Waals surface area contributed by atoms with Crippen molar-refractivity contribution in [1.29, 1.82) is 0 Å². The molecule has 0 heterocycles. The zero-order valence-electron chi connectivity index (χ0n) is 9.45. The molecule has 0 aromatic heterocycles. The molecule has 0 aliphatic heterocycles. The Morgan fingerprint density at radius 3 is 2.71 bits per heavy atom. The molecule has 1 aromatic rings. The Labute approximate surface area is 104 Å². The van der Waals surface area contributed by atoms with Gasteiger partial charge in [-0.3, -0.25) is 5.32 Å². The summed E-state index contributed by atoms with van der Waals surface area (Å²) in [4.78, 5) is 22.7. The van der Waals surface area contributed by atoms with Gasteiger partial charge in [0.2, 0.25) is 0 Å². The van der Waals surface area contributed by atoms with E-state index in [2.05, 4.69) is 10.1 Å². The molecule has 0 unspecified atom stereocenters. The van der Waals surface area contributed by atoms with Crippen molar-refractivity contribution in [3.05, 3.63) is 28.8 Å². The molecule has 17 heavy (non-hydrogen) atoms. The zero-order chi connectivity index (χ0) is 12.8. The van der Waals surface area contributed by atoms with Crippen molar-refractivity contribution in [1.82, 2.24) is 0 Å². The van der Waals surface area contributed by atoms with Crippen LogP contribution in [0.2, 0.25) is 5.02 Å². The van der Waals surface area contributed by atoms with Gasteiger partial charge in [0.1, 0.15) is 0 Å². The maximum atomic E-state index is 11.4. The van der Waals surface area contributed by atoms with Crippen molar-refractivity contribution in [2.75, 3.05) is 19.0 Å². The number of amides is 1. The van der Waals surface area contributed by atoms with Crippen molar-refractivity contribution in [2.45, 2.75) is 6.92 Å². The Bertz CT molecular complexity index is 433. The fourth-order valence-electron chi connectivity index (χ4n) is 1.18. The van der Waals surface area contributed by atoms with Gasteiger partial charge in [0.25, 0.3) is 0 Å². The van der Waals surface area contributed by atoms with Crippen LogP contribution in [0.1, 0.15) is 17.3 Å². The van der Waals surface area contributed by atoms with Crippen LogP contribution in [-0.2, 0) is 9.47 Å². The number of carbonyl (C=O) groups is 2. The van der Waals surface area contributed by atoms with Gasteiger partial charge in [-0.2, -0.15) is 0 Å². The number of carbonyl (C=O) groups excluding carboxylic acids is 2. The summed E-state index contributed by atoms with van der Waals surface area (Å²) in [6, 6.07) is 4.45. The van der Waals surface area contributed by atoms with E-state index >= 15 is 0 Å². The van der Waals surface area contributed by atoms with E-state index in [4.69, 9.17) is 16.3 Å². The van der Waals surface area contributed by atoms with E-state index in [0.29, 0.717) is 5.02 Å². The molecule has 0 saturated heterocycles. The van der Waals surface area contributed by atoms with Crippen molar-refractivity contribution in [2.24, 2.45) is 0 Å². The van der Waals surface area contributed by atoms with Crippen molar-refractivity contribution < 1.29 is 19.1 Å². The van der Waals surface area contributed by atoms with Crippen molar-refractivity contribution in [3.8, 4) is 0 Å². The van der Waals surface area contributed by atoms with Crippen molar-refractivity contribution >= 4 is 29.4 Å². The smallest absolute Gasteiger partial charge is 0.411 e. The van der Waals surface area contributed by atoms with Crippen LogP contribution < -0.4 is 5.32 Å². The average Bonchev–Trinajstić information content (AvgIpc) is 2.28. The fraction of sp³-hybridized carbons (Fsp3) is 0.273. The maximum Gasteiger partial charge on any atom is 0.411 e. The van der Waals surface area contributed by atoms with E-state index in [1.165, 1.54) is 25.3 Å². The first-order chi connectivity index (χ1) is 8.08. The van der Waals surface area contributed by atoms with Gasteiger partial charge >= 0.3 is 12.1 Å². The summed E-state index contributed by atoms with van der Waals surface area (Å²) in [7, 11) is 1.26. The van der Waals surface area contributed by atoms with Crippen LogP contribution in [0.4, 0.5) is 10.5 Å². The SMILES string of the molecule is CCOC(=O)Nc1cc(Cl)ccc1C(=O)OC. The van der Waals surface area contributed by atoms with Crippen LogP contribution in [0.3, 0.4) is 0 Å². The molecule has 0 atom stereocenters. The van der Waals surface area contributed by atoms with E-state index < -0.39 is 12.1 Å². The van der Waals surface area contributed by atoms with E-state index in [1.54, 1.807) is 6.92 Å². The standard InChI is InChI=1S/C11H12ClNO4/c1-3-17-11(15)13-9-6-7(12)4-5-8(9)10(14)16-2/h4-6H,3H2,1-2H3,(H,13,15). The summed E-state index contributed by atoms with van der Waals surface area (Å²) in [5.74, 6) is -0.562. The molecule has 5 nitrogen and oxygen atoms in total. The molecular weight excluding hydrogens is 246 g/mol. The van der Waals surface area contributed by atoms with Crippen LogP contribution in [-0.4, -0.2) is 25.8 Å². The Balaban J connectivity index is 2.99. The number of methoxy groups -OCH3 is 1. The largest absolute Gasteiger partial charge is 0.465 e. The number of esters is 1. The van der Waals surface area contributed by atoms with Gasteiger partial charge in [-0.05, 0) is 25.1 Å². The Hall–Kier alpha value is -1.75. The zero-order valence-corrected chi connectivity index (χ0v) is 10.2. The minimum absolute atomic E-state index is 0.213. The minimum atomic E-state index is -0.653. The van der Waals surface area contributed by atoms with Gasteiger partial charge < -0.3 is 9.47 Å². The highest BCUT2D eigenvalue weighted by atomic mass is 35.5. The average molecular weight is 258 g/mol. The lowest BCUT2D eigenvalue weighted by molar-refractivity contribution is 0.0602. The quantitative estimate of drug-likeness (QED) is 0.846. The molecule has 0 spiro atoms. The van der Waals surface area contributed by atoms with Crippen LogP contribution in [0.15, 0.2) is 18.2 Å². The van der Waals surface area contributed by atoms with Crippen LogP contribution in [0, 0.1) is 0 Å². The molecule has 1 aromatic carbocycles. The highest BCUT2D eigenvalue weighted by molar-refractivity contribution is 6.31. The monoisotopic (exact) mass is 257 g/mol. The summed E-state index contributed by atoms with van der Waals surface area (Å²) in [6.07, 6.45) is -0.653. The molecule has 0 radical (unpaired) electrons. The number of rotatable bonds is 3. The van der Waals surface area contributed by atoms with E-state index in [9.17, 15) is 9.59 Å². The van der Waals surface area contributed by atoms with Crippen LogP contribution in [0.25, 0.3) is 0 Å². The molecule has 0 fully saturated rings. The molecule has 0 aliphatic rings. The summed E-state index contributed by atoms with van der Waals surface area (Å²) in [5, 5.41) is 2.81. The Kier molecular flexibility index (Phi) is 4.78. The van der Waals surface area contributed by atoms with E-state index in [1.807, 2.05) is 0 Å². The van der Waals surface area contributed by atoms with E-state index in [-0.39, 0.29) is 17.9 Å². The topological polar surface area (TPSA) is 64.6 Å². The highest BCUT2D eigenvalue weighted by Crippen LogP contribution is 2.22. The Morgan fingerprint density at radius 2 is 2.12 bits per heavy atom. The number of hydrogen-bond acceptors (Lipinski definition) is 4. The number of hydrogen-bond donors (Lipinski definition) is 1. The molecule has 0 aliphatic carbocycles. The lowest BCUT2D eigenvalue weighted by atomic mass is 10.2. The molecule has 1 rings (SSSR count). The van der Waals surface area contributed by atoms with Crippen molar-refractivity contribution in [3.63, 3.8) is 0 Å². The molecular formula is C11H12ClNO4. The lowest BCUT2D eigenvalue weighted by Gasteiger charge is -2.09. The second-order valence-corrected chi connectivity index (χ2v) is 3.46. The van der Waals surface area contributed by atoms with Crippen LogP contribution >= 0.6 is 11.6 Å². The third-order valence-electron chi connectivity index (χ3n) is 1.90. The molecule has 1 amide bonds. The molecule has 0 saturated carbocycles. The number of benzene rings is 1. The number of anilines is 1. The number of ether oxygens (including phenoxy) is 2. The first-order valence-electron chi connectivity index (χ1n) is 4.90. The Morgan fingerprint density at radius 1 is 1.41 bits per heavy atom. The van der Waals surface area contributed by atoms with Gasteiger partial charge in [0.05, 0.1) is 25.0 Å². The number of nitrogens with one attached hydrogen (secondary N) is 1. The van der Waals surface area contributed by atoms with Gasteiger partial charge in [0.15, 0.2) is 0 Å². The highest BCUT2D eigenvalue weighted by Gasteiger charge is 2.14. The van der Waals surface area contributed by atoms with Gasteiger partial charge in [-0.15, -0.1) is 0 Å². The minimum Gasteiger partial charge on any atom is -0.465 e. The molecule has 0 bridgehead atoms. The fourth-order valence-corrected chi connectivity index (χ4v) is 1.36. The predicted octanol–water partition coefficient (Wildman–Crippen LogP) is 2.70. The van der Waals surface area contributed by atoms with E-state index in [0.717, 1.165) is 0 Å². The van der Waals surface area contributed by atoms with Crippen LogP contribution in [0.5, 0.6) is 0 Å². The van der Waals surface area contributed by atoms with Gasteiger partial charge in [-0.1, -0.05) is 11.6 Å². The summed E-state index contributed by atoms with van der Waals surface area (Å²) in [5.41, 5.74) is 0.466. The lowest BCUT2D eigenvalue weighted by Crippen LogP contribution is -2.16. The summed E-state index contributed by atoms with van der Waals surface area (Å²) < 4.78 is 9.29. The third kappa shape index (κ3) is 3.64. The first-order valence-corrected chi connectivity index (χ1v) is 5.28. The normalized spacial score (nSPS) is 9.59.